The minimum absolute atomic E-state index is 0.0134. The number of carbonyl (C=O) groups is 1. The van der Waals surface area contributed by atoms with Crippen LogP contribution in [0, 0.1) is 10.1 Å². The first-order valence-electron chi connectivity index (χ1n) is 8.36. The minimum atomic E-state index is -0.439. The van der Waals surface area contributed by atoms with Crippen molar-refractivity contribution in [3.8, 4) is 5.75 Å². The van der Waals surface area contributed by atoms with E-state index < -0.39 is 4.92 Å². The van der Waals surface area contributed by atoms with Crippen molar-refractivity contribution in [2.45, 2.75) is 26.4 Å². The maximum absolute atomic E-state index is 11.9. The molecule has 8 nitrogen and oxygen atoms in total. The summed E-state index contributed by atoms with van der Waals surface area (Å²) in [6.45, 7) is 3.60. The molecule has 2 aromatic rings. The molecule has 0 aliphatic carbocycles. The maximum Gasteiger partial charge on any atom is 0.270 e. The fourth-order valence-corrected chi connectivity index (χ4v) is 2.33. The number of nitrogens with zero attached hydrogens (tertiary/aromatic N) is 2. The zero-order chi connectivity index (χ0) is 18.8. The van der Waals surface area contributed by atoms with Crippen molar-refractivity contribution in [1.82, 2.24) is 15.6 Å². The van der Waals surface area contributed by atoms with Gasteiger partial charge in [-0.2, -0.15) is 0 Å². The Bertz CT molecular complexity index is 737. The van der Waals surface area contributed by atoms with Crippen LogP contribution in [0.25, 0.3) is 0 Å². The molecular formula is C18H22N4O4. The molecule has 0 atom stereocenters. The molecular weight excluding hydrogens is 336 g/mol. The smallest absolute Gasteiger partial charge is 0.270 e. The fraction of sp³-hybridized carbons (Fsp3) is 0.333. The van der Waals surface area contributed by atoms with Gasteiger partial charge in [0.15, 0.2) is 0 Å². The van der Waals surface area contributed by atoms with Gasteiger partial charge in [0.05, 0.1) is 11.5 Å². The molecule has 1 aromatic heterocycles. The number of ether oxygens (including phenoxy) is 1. The standard InChI is InChI=1S/C18H22N4O4/c1-2-26-17-6-5-16(22(24)25)10-15(17)13-20-9-7-18(23)21-12-14-4-3-8-19-11-14/h3-6,8,10-11,20H,2,7,9,12-13H2,1H3,(H,21,23). The third kappa shape index (κ3) is 6.14. The number of aromatic nitrogens is 1. The summed E-state index contributed by atoms with van der Waals surface area (Å²) < 4.78 is 5.49. The summed E-state index contributed by atoms with van der Waals surface area (Å²) in [5.41, 5.74) is 1.64. The van der Waals surface area contributed by atoms with Gasteiger partial charge in [0.2, 0.25) is 5.91 Å². The monoisotopic (exact) mass is 358 g/mol. The van der Waals surface area contributed by atoms with E-state index in [9.17, 15) is 14.9 Å². The number of amides is 1. The van der Waals surface area contributed by atoms with E-state index in [1.165, 1.54) is 12.1 Å². The Labute approximate surface area is 151 Å². The number of pyridine rings is 1. The third-order valence-electron chi connectivity index (χ3n) is 3.61. The Morgan fingerprint density at radius 1 is 1.31 bits per heavy atom. The third-order valence-corrected chi connectivity index (χ3v) is 3.61. The first-order chi connectivity index (χ1) is 12.6. The highest BCUT2D eigenvalue weighted by Crippen LogP contribution is 2.24. The Morgan fingerprint density at radius 2 is 2.15 bits per heavy atom. The molecule has 0 aliphatic heterocycles. The van der Waals surface area contributed by atoms with Crippen LogP contribution in [0.15, 0.2) is 42.7 Å². The van der Waals surface area contributed by atoms with E-state index in [2.05, 4.69) is 15.6 Å². The van der Waals surface area contributed by atoms with Crippen molar-refractivity contribution in [1.29, 1.82) is 0 Å². The van der Waals surface area contributed by atoms with Crippen LogP contribution in [-0.2, 0) is 17.9 Å². The summed E-state index contributed by atoms with van der Waals surface area (Å²) in [7, 11) is 0. The van der Waals surface area contributed by atoms with Gasteiger partial charge in [-0.1, -0.05) is 6.07 Å². The van der Waals surface area contributed by atoms with Crippen molar-refractivity contribution >= 4 is 11.6 Å². The summed E-state index contributed by atoms with van der Waals surface area (Å²) >= 11 is 0. The molecule has 0 saturated carbocycles. The van der Waals surface area contributed by atoms with Crippen LogP contribution < -0.4 is 15.4 Å². The number of benzene rings is 1. The second kappa shape index (κ2) is 10.1. The van der Waals surface area contributed by atoms with E-state index in [4.69, 9.17) is 4.74 Å². The number of nitrogens with one attached hydrogen (secondary N) is 2. The first-order valence-corrected chi connectivity index (χ1v) is 8.36. The first kappa shape index (κ1) is 19.3. The Balaban J connectivity index is 1.78. The van der Waals surface area contributed by atoms with Gasteiger partial charge in [-0.3, -0.25) is 19.9 Å². The highest BCUT2D eigenvalue weighted by atomic mass is 16.6. The zero-order valence-electron chi connectivity index (χ0n) is 14.6. The van der Waals surface area contributed by atoms with Gasteiger partial charge in [0, 0.05) is 56.1 Å². The average molecular weight is 358 g/mol. The zero-order valence-corrected chi connectivity index (χ0v) is 14.6. The van der Waals surface area contributed by atoms with Gasteiger partial charge in [-0.05, 0) is 24.6 Å². The second-order valence-corrected chi connectivity index (χ2v) is 5.55. The predicted octanol–water partition coefficient (Wildman–Crippen LogP) is 2.18. The summed E-state index contributed by atoms with van der Waals surface area (Å²) in [6, 6.07) is 8.21. The highest BCUT2D eigenvalue weighted by molar-refractivity contribution is 5.76. The van der Waals surface area contributed by atoms with Crippen LogP contribution in [-0.4, -0.2) is 29.0 Å². The molecule has 1 aromatic carbocycles. The lowest BCUT2D eigenvalue weighted by Gasteiger charge is -2.11. The molecule has 0 radical (unpaired) electrons. The lowest BCUT2D eigenvalue weighted by molar-refractivity contribution is -0.384. The molecule has 0 spiro atoms. The van der Waals surface area contributed by atoms with Crippen molar-refractivity contribution in [3.63, 3.8) is 0 Å². The molecule has 2 N–H and O–H groups in total. The van der Waals surface area contributed by atoms with E-state index in [1.54, 1.807) is 18.5 Å². The molecule has 0 saturated heterocycles. The second-order valence-electron chi connectivity index (χ2n) is 5.55. The number of carbonyl (C=O) groups excluding carboxylic acids is 1. The molecule has 0 aliphatic rings. The lowest BCUT2D eigenvalue weighted by Crippen LogP contribution is -2.27. The number of nitro benzene ring substituents is 1. The Kier molecular flexibility index (Phi) is 7.50. The molecule has 1 amide bonds. The number of nitro groups is 1. The SMILES string of the molecule is CCOc1ccc([N+](=O)[O-])cc1CNCCC(=O)NCc1cccnc1. The van der Waals surface area contributed by atoms with Crippen LogP contribution in [0.3, 0.4) is 0 Å². The molecule has 26 heavy (non-hydrogen) atoms. The quantitative estimate of drug-likeness (QED) is 0.383. The normalized spacial score (nSPS) is 10.3. The van der Waals surface area contributed by atoms with Crippen molar-refractivity contribution < 1.29 is 14.5 Å². The Morgan fingerprint density at radius 3 is 2.85 bits per heavy atom. The topological polar surface area (TPSA) is 106 Å². The van der Waals surface area contributed by atoms with E-state index in [0.717, 1.165) is 5.56 Å². The molecule has 138 valence electrons. The molecule has 0 fully saturated rings. The van der Waals surface area contributed by atoms with Gasteiger partial charge in [-0.15, -0.1) is 0 Å². The van der Waals surface area contributed by atoms with Crippen molar-refractivity contribution in [2.75, 3.05) is 13.2 Å². The number of rotatable bonds is 10. The van der Waals surface area contributed by atoms with Gasteiger partial charge in [0.25, 0.3) is 5.69 Å². The predicted molar refractivity (Wildman–Crippen MR) is 96.7 cm³/mol. The summed E-state index contributed by atoms with van der Waals surface area (Å²) in [4.78, 5) is 26.3. The average Bonchev–Trinajstić information content (AvgIpc) is 2.65. The van der Waals surface area contributed by atoms with E-state index in [-0.39, 0.29) is 11.6 Å². The molecule has 8 heteroatoms. The van der Waals surface area contributed by atoms with Crippen molar-refractivity contribution in [3.05, 3.63) is 64.0 Å². The van der Waals surface area contributed by atoms with Crippen molar-refractivity contribution in [2.24, 2.45) is 0 Å². The number of hydrogen-bond donors (Lipinski definition) is 2. The van der Waals surface area contributed by atoms with Gasteiger partial charge in [-0.25, -0.2) is 0 Å². The molecule has 0 unspecified atom stereocenters. The molecule has 2 rings (SSSR count). The van der Waals surface area contributed by atoms with Crippen LogP contribution >= 0.6 is 0 Å². The van der Waals surface area contributed by atoms with Crippen LogP contribution in [0.4, 0.5) is 5.69 Å². The maximum atomic E-state index is 11.9. The van der Waals surface area contributed by atoms with Crippen LogP contribution in [0.2, 0.25) is 0 Å². The Hall–Kier alpha value is -3.00. The molecule has 0 bridgehead atoms. The van der Waals surface area contributed by atoms with Crippen LogP contribution in [0.5, 0.6) is 5.75 Å². The summed E-state index contributed by atoms with van der Waals surface area (Å²) in [5.74, 6) is 0.525. The van der Waals surface area contributed by atoms with Crippen LogP contribution in [0.1, 0.15) is 24.5 Å². The number of non-ortho nitro benzene ring substituents is 1. The van der Waals surface area contributed by atoms with E-state index >= 15 is 0 Å². The minimum Gasteiger partial charge on any atom is -0.494 e. The highest BCUT2D eigenvalue weighted by Gasteiger charge is 2.11. The summed E-state index contributed by atoms with van der Waals surface area (Å²) in [5, 5.41) is 16.9. The van der Waals surface area contributed by atoms with Gasteiger partial charge in [0.1, 0.15) is 5.75 Å². The lowest BCUT2D eigenvalue weighted by atomic mass is 10.1. The van der Waals surface area contributed by atoms with E-state index in [0.29, 0.717) is 44.0 Å². The summed E-state index contributed by atoms with van der Waals surface area (Å²) in [6.07, 6.45) is 3.69. The largest absolute Gasteiger partial charge is 0.494 e. The van der Waals surface area contributed by atoms with Gasteiger partial charge < -0.3 is 15.4 Å². The number of hydrogen-bond acceptors (Lipinski definition) is 6. The van der Waals surface area contributed by atoms with E-state index in [1.807, 2.05) is 19.1 Å². The fourth-order valence-electron chi connectivity index (χ4n) is 2.33. The van der Waals surface area contributed by atoms with Gasteiger partial charge >= 0.3 is 0 Å². The molecule has 1 heterocycles.